The number of ether oxygens (including phenoxy) is 1. The number of methoxy groups -OCH3 is 1. The van der Waals surface area contributed by atoms with Gasteiger partial charge in [-0.2, -0.15) is 4.58 Å². The molecule has 4 aromatic rings. The third-order valence-corrected chi connectivity index (χ3v) is 12.6. The SMILES string of the molecule is CBr.CC.CC.COC(=O)CCCCCN1/C(=C/C=C2C=C(/C=C/C3=[N+](CCCCCC(C)=O)c4ccc5ccccc5c4C3(C)C)CCC/2)C(C)(C)c2c1ccc1ccccc21. The third-order valence-electron chi connectivity index (χ3n) is 12.6. The van der Waals surface area contributed by atoms with Gasteiger partial charge < -0.3 is 14.4 Å². The summed E-state index contributed by atoms with van der Waals surface area (Å²) in [6.45, 7) is 21.1. The molecule has 0 unspecified atom stereocenters. The molecular weight excluding hydrogens is 841 g/mol. The molecule has 0 spiro atoms. The van der Waals surface area contributed by atoms with Gasteiger partial charge >= 0.3 is 5.97 Å². The lowest BCUT2D eigenvalue weighted by atomic mass is 9.79. The second kappa shape index (κ2) is 24.5. The molecule has 0 saturated heterocycles. The minimum Gasteiger partial charge on any atom is -0.469 e. The van der Waals surface area contributed by atoms with Gasteiger partial charge in [-0.05, 0) is 128 Å². The number of halogens is 1. The Morgan fingerprint density at radius 3 is 2.00 bits per heavy atom. The Morgan fingerprint density at radius 1 is 0.714 bits per heavy atom. The number of fused-ring (bicyclic) bond motifs is 6. The smallest absolute Gasteiger partial charge is 0.305 e. The molecule has 0 aromatic heterocycles. The Balaban J connectivity index is 0.00000139. The molecular formula is C57H76BrN2O3+. The fourth-order valence-corrected chi connectivity index (χ4v) is 9.71. The van der Waals surface area contributed by atoms with Gasteiger partial charge in [0.15, 0.2) is 5.71 Å². The van der Waals surface area contributed by atoms with Crippen LogP contribution in [-0.4, -0.2) is 48.1 Å². The van der Waals surface area contributed by atoms with Crippen LogP contribution in [0.5, 0.6) is 0 Å². The molecule has 63 heavy (non-hydrogen) atoms. The minimum atomic E-state index is -0.167. The Labute approximate surface area is 389 Å². The highest BCUT2D eigenvalue weighted by atomic mass is 79.9. The molecule has 5 nitrogen and oxygen atoms in total. The predicted molar refractivity (Wildman–Crippen MR) is 276 cm³/mol. The maximum Gasteiger partial charge on any atom is 0.305 e. The van der Waals surface area contributed by atoms with E-state index in [0.717, 1.165) is 70.9 Å². The molecule has 1 aliphatic carbocycles. The Hall–Kier alpha value is -4.55. The summed E-state index contributed by atoms with van der Waals surface area (Å²) in [7, 11) is 1.47. The molecule has 338 valence electrons. The number of nitrogens with zero attached hydrogens (tertiary/aromatic N) is 2. The molecule has 0 bridgehead atoms. The number of esters is 1. The van der Waals surface area contributed by atoms with Gasteiger partial charge in [0.1, 0.15) is 12.3 Å². The molecule has 0 atom stereocenters. The van der Waals surface area contributed by atoms with Crippen molar-refractivity contribution in [2.45, 2.75) is 144 Å². The molecule has 3 aliphatic rings. The second-order valence-electron chi connectivity index (χ2n) is 17.4. The molecule has 4 aromatic carbocycles. The maximum absolute atomic E-state index is 11.8. The van der Waals surface area contributed by atoms with Crippen molar-refractivity contribution in [1.82, 2.24) is 0 Å². The van der Waals surface area contributed by atoms with Crippen LogP contribution in [0.25, 0.3) is 21.5 Å². The first kappa shape index (κ1) is 51.1. The van der Waals surface area contributed by atoms with Crippen LogP contribution < -0.4 is 4.90 Å². The summed E-state index contributed by atoms with van der Waals surface area (Å²) in [5, 5.41) is 5.22. The summed E-state index contributed by atoms with van der Waals surface area (Å²) < 4.78 is 7.44. The van der Waals surface area contributed by atoms with Gasteiger partial charge in [-0.15, -0.1) is 0 Å². The molecule has 0 fully saturated rings. The van der Waals surface area contributed by atoms with E-state index in [1.807, 2.05) is 33.5 Å². The summed E-state index contributed by atoms with van der Waals surface area (Å²) in [6, 6.07) is 26.7. The summed E-state index contributed by atoms with van der Waals surface area (Å²) in [6.07, 6.45) is 22.3. The Bertz CT molecular complexity index is 2340. The first-order valence-corrected chi connectivity index (χ1v) is 25.3. The Morgan fingerprint density at radius 2 is 1.33 bits per heavy atom. The Kier molecular flexibility index (Phi) is 19.9. The number of unbranched alkanes of at least 4 members (excludes halogenated alkanes) is 4. The number of alkyl halides is 1. The van der Waals surface area contributed by atoms with Crippen LogP contribution in [0.15, 0.2) is 120 Å². The summed E-state index contributed by atoms with van der Waals surface area (Å²) >= 11 is 2.94. The van der Waals surface area contributed by atoms with Crippen molar-refractivity contribution in [2.24, 2.45) is 0 Å². The number of rotatable bonds is 15. The largest absolute Gasteiger partial charge is 0.469 e. The number of hydrogen-bond acceptors (Lipinski definition) is 4. The van der Waals surface area contributed by atoms with Crippen molar-refractivity contribution in [3.8, 4) is 0 Å². The fourth-order valence-electron chi connectivity index (χ4n) is 9.71. The molecule has 7 rings (SSSR count). The van der Waals surface area contributed by atoms with E-state index in [9.17, 15) is 9.59 Å². The minimum absolute atomic E-state index is 0.130. The number of hydrogen-bond donors (Lipinski definition) is 0. The van der Waals surface area contributed by atoms with Gasteiger partial charge in [-0.25, -0.2) is 0 Å². The van der Waals surface area contributed by atoms with Crippen molar-refractivity contribution in [3.05, 3.63) is 131 Å². The van der Waals surface area contributed by atoms with E-state index < -0.39 is 0 Å². The van der Waals surface area contributed by atoms with Crippen LogP contribution >= 0.6 is 15.9 Å². The van der Waals surface area contributed by atoms with E-state index in [1.54, 1.807) is 6.92 Å². The van der Waals surface area contributed by atoms with Crippen molar-refractivity contribution in [2.75, 3.05) is 30.9 Å². The van der Waals surface area contributed by atoms with Crippen LogP contribution in [0.3, 0.4) is 0 Å². The maximum atomic E-state index is 11.8. The normalized spacial score (nSPS) is 17.1. The molecule has 0 amide bonds. The molecule has 6 heteroatoms. The zero-order valence-corrected chi connectivity index (χ0v) is 42.1. The van der Waals surface area contributed by atoms with Crippen LogP contribution in [0, 0.1) is 0 Å². The first-order chi connectivity index (χ1) is 30.5. The van der Waals surface area contributed by atoms with Crippen LogP contribution in [0.4, 0.5) is 11.4 Å². The summed E-state index contributed by atoms with van der Waals surface area (Å²) in [4.78, 5) is 25.9. The predicted octanol–water partition coefficient (Wildman–Crippen LogP) is 15.6. The van der Waals surface area contributed by atoms with Crippen LogP contribution in [-0.2, 0) is 25.2 Å². The second-order valence-corrected chi connectivity index (χ2v) is 17.4. The van der Waals surface area contributed by atoms with E-state index in [0.29, 0.717) is 12.8 Å². The fraction of sp³-hybridized carbons (Fsp3) is 0.456. The van der Waals surface area contributed by atoms with Crippen molar-refractivity contribution < 1.29 is 18.9 Å². The number of carbonyl (C=O) groups is 2. The number of anilines is 1. The van der Waals surface area contributed by atoms with E-state index in [4.69, 9.17) is 4.74 Å². The van der Waals surface area contributed by atoms with Crippen LogP contribution in [0.2, 0.25) is 0 Å². The quantitative estimate of drug-likeness (QED) is 0.0516. The summed E-state index contributed by atoms with van der Waals surface area (Å²) in [5.74, 6) is 1.96. The van der Waals surface area contributed by atoms with E-state index in [2.05, 4.69) is 156 Å². The highest BCUT2D eigenvalue weighted by molar-refractivity contribution is 9.08. The number of ketones is 1. The van der Waals surface area contributed by atoms with Gasteiger partial charge in [0.25, 0.3) is 0 Å². The topological polar surface area (TPSA) is 49.6 Å². The van der Waals surface area contributed by atoms with Gasteiger partial charge in [0, 0.05) is 60.3 Å². The summed E-state index contributed by atoms with van der Waals surface area (Å²) in [5.41, 5.74) is 10.5. The van der Waals surface area contributed by atoms with Crippen LogP contribution in [0.1, 0.15) is 144 Å². The van der Waals surface area contributed by atoms with E-state index in [-0.39, 0.29) is 22.6 Å². The lowest BCUT2D eigenvalue weighted by Gasteiger charge is -2.27. The van der Waals surface area contributed by atoms with Gasteiger partial charge in [-0.3, -0.25) is 4.79 Å². The van der Waals surface area contributed by atoms with Crippen molar-refractivity contribution >= 4 is 66.3 Å². The standard InChI is InChI=1S/C52H61N2O3.2C2H6.CH3Br/c1-37(55)18-9-7-15-34-53-44-30-28-40-21-11-13-23-42(40)49(44)51(2,3)46(53)32-26-38-19-17-20-39(36-38)27-33-47-52(4,5)50-43-24-14-12-22-41(43)29-31-45(50)54(47)35-16-8-10-25-48(56)57-6;3*1-2/h11-14,21-24,26-33,36H,7-10,15-20,25,34-35H2,1-6H3;2*1-2H3;1H3/q+1;;;. The van der Waals surface area contributed by atoms with E-state index >= 15 is 0 Å². The third kappa shape index (κ3) is 12.0. The van der Waals surface area contributed by atoms with Crippen molar-refractivity contribution in [1.29, 1.82) is 0 Å². The molecule has 2 heterocycles. The highest BCUT2D eigenvalue weighted by Gasteiger charge is 2.45. The average Bonchev–Trinajstić information content (AvgIpc) is 3.67. The lowest BCUT2D eigenvalue weighted by molar-refractivity contribution is -0.438. The molecule has 0 N–H and O–H groups in total. The number of benzene rings is 4. The average molecular weight is 917 g/mol. The molecule has 0 saturated carbocycles. The highest BCUT2D eigenvalue weighted by Crippen LogP contribution is 2.51. The molecule has 2 aliphatic heterocycles. The number of carbonyl (C=O) groups excluding carboxylic acids is 2. The van der Waals surface area contributed by atoms with Crippen molar-refractivity contribution in [3.63, 3.8) is 0 Å². The molecule has 0 radical (unpaired) electrons. The number of Topliss-reactive ketones (excluding diaryl/α,β-unsaturated/α-hetero) is 1. The van der Waals surface area contributed by atoms with E-state index in [1.165, 1.54) is 73.7 Å². The van der Waals surface area contributed by atoms with Gasteiger partial charge in [-0.1, -0.05) is 137 Å². The zero-order chi connectivity index (χ0) is 46.2. The lowest BCUT2D eigenvalue weighted by Crippen LogP contribution is -2.28. The van der Waals surface area contributed by atoms with Gasteiger partial charge in [0.2, 0.25) is 5.69 Å². The monoisotopic (exact) mass is 916 g/mol. The number of allylic oxidation sites excluding steroid dienone is 8. The first-order valence-electron chi connectivity index (χ1n) is 23.7. The zero-order valence-electron chi connectivity index (χ0n) is 40.5. The van der Waals surface area contributed by atoms with Gasteiger partial charge in [0.05, 0.1) is 12.5 Å².